The van der Waals surface area contributed by atoms with Gasteiger partial charge >= 0.3 is 0 Å². The number of nitrogens with zero attached hydrogens (tertiary/aromatic N) is 3. The van der Waals surface area contributed by atoms with Gasteiger partial charge in [0, 0.05) is 37.5 Å². The molecule has 0 atom stereocenters. The van der Waals surface area contributed by atoms with E-state index in [0.717, 1.165) is 21.7 Å². The number of thiophene rings is 1. The fraction of sp³-hybridized carbons (Fsp3) is 0.381. The zero-order valence-electron chi connectivity index (χ0n) is 16.4. The first kappa shape index (κ1) is 20.2. The molecule has 0 unspecified atom stereocenters. The Labute approximate surface area is 168 Å². The monoisotopic (exact) mass is 398 g/mol. The van der Waals surface area contributed by atoms with Gasteiger partial charge in [-0.1, -0.05) is 30.3 Å². The third-order valence-corrected chi connectivity index (χ3v) is 6.10. The quantitative estimate of drug-likeness (QED) is 0.632. The topological polar surface area (TPSA) is 81.2 Å². The molecule has 148 valence electrons. The van der Waals surface area contributed by atoms with Crippen molar-refractivity contribution in [2.45, 2.75) is 33.2 Å². The van der Waals surface area contributed by atoms with E-state index in [0.29, 0.717) is 31.6 Å². The van der Waals surface area contributed by atoms with E-state index in [9.17, 15) is 9.59 Å². The Kier molecular flexibility index (Phi) is 6.59. The maximum atomic E-state index is 12.8. The van der Waals surface area contributed by atoms with Crippen LogP contribution in [0.1, 0.15) is 22.4 Å². The average Bonchev–Trinajstić information content (AvgIpc) is 2.99. The van der Waals surface area contributed by atoms with Crippen LogP contribution >= 0.6 is 11.3 Å². The molecule has 3 rings (SSSR count). The number of aryl methyl sites for hydroxylation is 3. The number of carbonyl (C=O) groups is 1. The Morgan fingerprint density at radius 2 is 1.96 bits per heavy atom. The van der Waals surface area contributed by atoms with Crippen LogP contribution in [0, 0.1) is 13.8 Å². The summed E-state index contributed by atoms with van der Waals surface area (Å²) in [6.07, 6.45) is 2.59. The van der Waals surface area contributed by atoms with E-state index < -0.39 is 0 Å². The minimum Gasteiger partial charge on any atom is -0.341 e. The summed E-state index contributed by atoms with van der Waals surface area (Å²) in [7, 11) is 0. The van der Waals surface area contributed by atoms with Crippen molar-refractivity contribution in [3.05, 3.63) is 63.0 Å². The Morgan fingerprint density at radius 3 is 2.68 bits per heavy atom. The van der Waals surface area contributed by atoms with Gasteiger partial charge in [0.1, 0.15) is 4.83 Å². The lowest BCUT2D eigenvalue weighted by atomic mass is 10.1. The van der Waals surface area contributed by atoms with Crippen molar-refractivity contribution in [3.63, 3.8) is 0 Å². The number of rotatable bonds is 8. The van der Waals surface area contributed by atoms with E-state index in [-0.39, 0.29) is 17.9 Å². The summed E-state index contributed by atoms with van der Waals surface area (Å²) in [6.45, 7) is 5.81. The van der Waals surface area contributed by atoms with Crippen molar-refractivity contribution >= 4 is 27.5 Å². The Hall–Kier alpha value is -2.51. The summed E-state index contributed by atoms with van der Waals surface area (Å²) < 4.78 is 1.54. The molecule has 6 nitrogen and oxygen atoms in total. The largest absolute Gasteiger partial charge is 0.341 e. The fourth-order valence-corrected chi connectivity index (χ4v) is 4.22. The van der Waals surface area contributed by atoms with Crippen LogP contribution in [0.2, 0.25) is 0 Å². The number of carbonyl (C=O) groups excluding carboxylic acids is 1. The summed E-state index contributed by atoms with van der Waals surface area (Å²) in [5.74, 6) is 0.00611. The molecule has 0 saturated heterocycles. The number of amides is 1. The fourth-order valence-electron chi connectivity index (χ4n) is 3.23. The minimum absolute atomic E-state index is 0.00611. The first-order valence-electron chi connectivity index (χ1n) is 9.48. The van der Waals surface area contributed by atoms with Crippen LogP contribution in [0.5, 0.6) is 0 Å². The Morgan fingerprint density at radius 1 is 1.21 bits per heavy atom. The molecule has 0 bridgehead atoms. The second-order valence-corrected chi connectivity index (χ2v) is 8.06. The first-order chi connectivity index (χ1) is 13.5. The summed E-state index contributed by atoms with van der Waals surface area (Å²) in [4.78, 5) is 33.5. The van der Waals surface area contributed by atoms with E-state index in [1.807, 2.05) is 32.0 Å². The average molecular weight is 399 g/mol. The number of benzene rings is 1. The van der Waals surface area contributed by atoms with Gasteiger partial charge in [0.25, 0.3) is 5.56 Å². The van der Waals surface area contributed by atoms with Crippen LogP contribution in [-0.2, 0) is 17.8 Å². The highest BCUT2D eigenvalue weighted by Gasteiger charge is 2.15. The highest BCUT2D eigenvalue weighted by Crippen LogP contribution is 2.25. The van der Waals surface area contributed by atoms with Gasteiger partial charge in [0.15, 0.2) is 0 Å². The van der Waals surface area contributed by atoms with Crippen molar-refractivity contribution < 1.29 is 4.79 Å². The maximum absolute atomic E-state index is 12.8. The predicted octanol–water partition coefficient (Wildman–Crippen LogP) is 2.49. The van der Waals surface area contributed by atoms with Gasteiger partial charge in [0.2, 0.25) is 5.91 Å². The molecule has 0 fully saturated rings. The zero-order valence-corrected chi connectivity index (χ0v) is 17.2. The third kappa shape index (κ3) is 4.48. The van der Waals surface area contributed by atoms with Crippen molar-refractivity contribution in [2.24, 2.45) is 5.73 Å². The molecule has 0 saturated carbocycles. The van der Waals surface area contributed by atoms with Crippen LogP contribution in [-0.4, -0.2) is 40.0 Å². The van der Waals surface area contributed by atoms with Crippen LogP contribution in [0.3, 0.4) is 0 Å². The van der Waals surface area contributed by atoms with Crippen LogP contribution in [0.15, 0.2) is 41.5 Å². The Bertz CT molecular complexity index is 1010. The lowest BCUT2D eigenvalue weighted by molar-refractivity contribution is -0.131. The lowest BCUT2D eigenvalue weighted by Gasteiger charge is -2.22. The molecule has 7 heteroatoms. The zero-order chi connectivity index (χ0) is 20.1. The summed E-state index contributed by atoms with van der Waals surface area (Å²) in [6, 6.07) is 10.1. The van der Waals surface area contributed by atoms with Crippen LogP contribution in [0.25, 0.3) is 10.2 Å². The molecule has 0 spiro atoms. The number of fused-ring (bicyclic) bond motifs is 1. The van der Waals surface area contributed by atoms with Gasteiger partial charge in [-0.15, -0.1) is 11.3 Å². The molecule has 1 amide bonds. The van der Waals surface area contributed by atoms with Crippen LogP contribution < -0.4 is 11.3 Å². The van der Waals surface area contributed by atoms with Gasteiger partial charge in [-0.3, -0.25) is 14.2 Å². The minimum atomic E-state index is -0.0747. The number of hydrogen-bond acceptors (Lipinski definition) is 5. The normalized spacial score (nSPS) is 11.1. The number of nitrogens with two attached hydrogens (primary N) is 1. The van der Waals surface area contributed by atoms with E-state index in [1.54, 1.807) is 11.2 Å². The molecule has 0 aliphatic carbocycles. The highest BCUT2D eigenvalue weighted by molar-refractivity contribution is 7.18. The van der Waals surface area contributed by atoms with Crippen molar-refractivity contribution in [2.75, 3.05) is 19.6 Å². The van der Waals surface area contributed by atoms with Crippen molar-refractivity contribution in [1.29, 1.82) is 0 Å². The molecule has 0 aliphatic rings. The van der Waals surface area contributed by atoms with Crippen molar-refractivity contribution in [3.8, 4) is 0 Å². The second kappa shape index (κ2) is 9.12. The van der Waals surface area contributed by atoms with E-state index in [4.69, 9.17) is 5.73 Å². The molecule has 1 aromatic carbocycles. The molecule has 0 radical (unpaired) electrons. The number of aromatic nitrogens is 2. The first-order valence-corrected chi connectivity index (χ1v) is 10.3. The number of hydrogen-bond donors (Lipinski definition) is 1. The maximum Gasteiger partial charge on any atom is 0.262 e. The molecule has 2 N–H and O–H groups in total. The van der Waals surface area contributed by atoms with Gasteiger partial charge in [-0.25, -0.2) is 4.98 Å². The van der Waals surface area contributed by atoms with Gasteiger partial charge in [-0.05, 0) is 31.4 Å². The standard InChI is InChI=1S/C21H26N4O2S/c1-15-16(2)28-20-19(15)21(27)25(14-23-20)12-9-18(26)24(13-10-22)11-8-17-6-4-3-5-7-17/h3-7,14H,8-13,22H2,1-2H3. The van der Waals surface area contributed by atoms with Crippen LogP contribution in [0.4, 0.5) is 0 Å². The van der Waals surface area contributed by atoms with E-state index in [2.05, 4.69) is 17.1 Å². The van der Waals surface area contributed by atoms with Gasteiger partial charge in [-0.2, -0.15) is 0 Å². The van der Waals surface area contributed by atoms with E-state index in [1.165, 1.54) is 21.5 Å². The molecule has 3 aromatic rings. The second-order valence-electron chi connectivity index (χ2n) is 6.86. The lowest BCUT2D eigenvalue weighted by Crippen LogP contribution is -2.37. The van der Waals surface area contributed by atoms with Crippen molar-refractivity contribution in [1.82, 2.24) is 14.5 Å². The molecule has 2 aromatic heterocycles. The van der Waals surface area contributed by atoms with Gasteiger partial charge < -0.3 is 10.6 Å². The Balaban J connectivity index is 1.67. The molecule has 28 heavy (non-hydrogen) atoms. The summed E-state index contributed by atoms with van der Waals surface area (Å²) in [5, 5.41) is 0.667. The molecule has 0 aliphatic heterocycles. The molecule has 2 heterocycles. The smallest absolute Gasteiger partial charge is 0.262 e. The molecular weight excluding hydrogens is 372 g/mol. The molecular formula is C21H26N4O2S. The summed E-state index contributed by atoms with van der Waals surface area (Å²) >= 11 is 1.53. The van der Waals surface area contributed by atoms with Gasteiger partial charge in [0.05, 0.1) is 11.7 Å². The third-order valence-electron chi connectivity index (χ3n) is 4.99. The van der Waals surface area contributed by atoms with E-state index >= 15 is 0 Å². The highest BCUT2D eigenvalue weighted by atomic mass is 32.1. The predicted molar refractivity (Wildman–Crippen MR) is 114 cm³/mol. The SMILES string of the molecule is Cc1sc2ncn(CCC(=O)N(CCN)CCc3ccccc3)c(=O)c2c1C. The summed E-state index contributed by atoms with van der Waals surface area (Å²) in [5.41, 5.74) is 7.78.